The molecule has 1 saturated heterocycles. The summed E-state index contributed by atoms with van der Waals surface area (Å²) in [5.74, 6) is 1.16. The molecular weight excluding hydrogens is 268 g/mol. The first-order chi connectivity index (χ1) is 10.0. The molecule has 0 bridgehead atoms. The fourth-order valence-electron chi connectivity index (χ4n) is 2.78. The number of aliphatic carboxylic acids is 1. The zero-order valence-electron chi connectivity index (χ0n) is 13.1. The number of aromatic nitrogens is 2. The Morgan fingerprint density at radius 2 is 1.81 bits per heavy atom. The van der Waals surface area contributed by atoms with Crippen LogP contribution in [0.5, 0.6) is 0 Å². The lowest BCUT2D eigenvalue weighted by Gasteiger charge is -2.35. The van der Waals surface area contributed by atoms with Crippen molar-refractivity contribution in [3.63, 3.8) is 0 Å². The minimum absolute atomic E-state index is 0.123. The van der Waals surface area contributed by atoms with Crippen molar-refractivity contribution < 1.29 is 9.90 Å². The highest BCUT2D eigenvalue weighted by Crippen LogP contribution is 2.22. The van der Waals surface area contributed by atoms with Crippen LogP contribution < -0.4 is 4.90 Å². The molecule has 0 unspecified atom stereocenters. The molecule has 0 aromatic carbocycles. The molecule has 0 radical (unpaired) electrons. The van der Waals surface area contributed by atoms with Crippen LogP contribution in [-0.4, -0.2) is 58.7 Å². The zero-order chi connectivity index (χ0) is 15.4. The SMILES string of the molecule is CCc1nc(C)c(CC)c(N2CCN(CC(=O)O)CC2)n1. The molecule has 1 N–H and O–H groups in total. The molecule has 1 aliphatic heterocycles. The Morgan fingerprint density at radius 1 is 1.14 bits per heavy atom. The number of rotatable bonds is 5. The van der Waals surface area contributed by atoms with Gasteiger partial charge in [0.25, 0.3) is 0 Å². The fraction of sp³-hybridized carbons (Fsp3) is 0.667. The van der Waals surface area contributed by atoms with Gasteiger partial charge in [0.05, 0.1) is 6.54 Å². The summed E-state index contributed by atoms with van der Waals surface area (Å²) in [6, 6.07) is 0. The van der Waals surface area contributed by atoms with Crippen molar-refractivity contribution in [3.05, 3.63) is 17.1 Å². The van der Waals surface area contributed by atoms with Crippen LogP contribution in [0.15, 0.2) is 0 Å². The van der Waals surface area contributed by atoms with Crippen LogP contribution in [0, 0.1) is 6.92 Å². The zero-order valence-corrected chi connectivity index (χ0v) is 13.1. The van der Waals surface area contributed by atoms with E-state index >= 15 is 0 Å². The monoisotopic (exact) mass is 292 g/mol. The van der Waals surface area contributed by atoms with Gasteiger partial charge in [-0.05, 0) is 13.3 Å². The lowest BCUT2D eigenvalue weighted by atomic mass is 10.1. The Balaban J connectivity index is 2.15. The van der Waals surface area contributed by atoms with Crippen molar-refractivity contribution >= 4 is 11.8 Å². The molecule has 2 heterocycles. The smallest absolute Gasteiger partial charge is 0.317 e. The molecule has 116 valence electrons. The van der Waals surface area contributed by atoms with Gasteiger partial charge < -0.3 is 10.0 Å². The molecule has 0 saturated carbocycles. The van der Waals surface area contributed by atoms with Crippen LogP contribution in [0.4, 0.5) is 5.82 Å². The summed E-state index contributed by atoms with van der Waals surface area (Å²) >= 11 is 0. The van der Waals surface area contributed by atoms with E-state index in [4.69, 9.17) is 10.1 Å². The third-order valence-corrected chi connectivity index (χ3v) is 3.94. The van der Waals surface area contributed by atoms with Gasteiger partial charge in [0.1, 0.15) is 11.6 Å². The van der Waals surface area contributed by atoms with Crippen LogP contribution >= 0.6 is 0 Å². The summed E-state index contributed by atoms with van der Waals surface area (Å²) in [7, 11) is 0. The van der Waals surface area contributed by atoms with Gasteiger partial charge >= 0.3 is 5.97 Å². The van der Waals surface area contributed by atoms with E-state index in [1.165, 1.54) is 5.56 Å². The van der Waals surface area contributed by atoms with Crippen molar-refractivity contribution in [2.45, 2.75) is 33.6 Å². The molecule has 1 aromatic heterocycles. The Morgan fingerprint density at radius 3 is 2.33 bits per heavy atom. The van der Waals surface area contributed by atoms with E-state index in [2.05, 4.69) is 23.7 Å². The summed E-state index contributed by atoms with van der Waals surface area (Å²) in [5, 5.41) is 8.86. The quantitative estimate of drug-likeness (QED) is 0.877. The maximum Gasteiger partial charge on any atom is 0.317 e. The van der Waals surface area contributed by atoms with E-state index in [9.17, 15) is 4.79 Å². The maximum absolute atomic E-state index is 10.8. The molecule has 2 rings (SSSR count). The second-order valence-corrected chi connectivity index (χ2v) is 5.39. The molecule has 0 aliphatic carbocycles. The predicted octanol–water partition coefficient (Wildman–Crippen LogP) is 1.12. The molecule has 0 amide bonds. The summed E-state index contributed by atoms with van der Waals surface area (Å²) in [4.78, 5) is 24.3. The minimum atomic E-state index is -0.760. The summed E-state index contributed by atoms with van der Waals surface area (Å²) in [5.41, 5.74) is 2.27. The first kappa shape index (κ1) is 15.7. The first-order valence-corrected chi connectivity index (χ1v) is 7.60. The highest BCUT2D eigenvalue weighted by molar-refractivity contribution is 5.69. The summed E-state index contributed by atoms with van der Waals surface area (Å²) < 4.78 is 0. The van der Waals surface area contributed by atoms with Gasteiger partial charge in [-0.25, -0.2) is 9.97 Å². The van der Waals surface area contributed by atoms with E-state index < -0.39 is 5.97 Å². The second kappa shape index (κ2) is 6.85. The van der Waals surface area contributed by atoms with Gasteiger partial charge in [-0.1, -0.05) is 13.8 Å². The van der Waals surface area contributed by atoms with Crippen molar-refractivity contribution in [2.75, 3.05) is 37.6 Å². The summed E-state index contributed by atoms with van der Waals surface area (Å²) in [6.45, 7) is 9.53. The van der Waals surface area contributed by atoms with Crippen molar-refractivity contribution in [1.82, 2.24) is 14.9 Å². The van der Waals surface area contributed by atoms with Gasteiger partial charge in [-0.2, -0.15) is 0 Å². The van der Waals surface area contributed by atoms with Crippen LogP contribution in [0.1, 0.15) is 30.9 Å². The number of anilines is 1. The molecular formula is C15H24N4O2. The number of hydrogen-bond acceptors (Lipinski definition) is 5. The lowest BCUT2D eigenvalue weighted by molar-refractivity contribution is -0.138. The number of piperazine rings is 1. The van der Waals surface area contributed by atoms with E-state index in [1.54, 1.807) is 0 Å². The van der Waals surface area contributed by atoms with Gasteiger partial charge in [-0.3, -0.25) is 9.69 Å². The van der Waals surface area contributed by atoms with Crippen molar-refractivity contribution in [3.8, 4) is 0 Å². The van der Waals surface area contributed by atoms with Crippen LogP contribution in [0.25, 0.3) is 0 Å². The second-order valence-electron chi connectivity index (χ2n) is 5.39. The predicted molar refractivity (Wildman–Crippen MR) is 81.8 cm³/mol. The standard InChI is InChI=1S/C15H24N4O2/c1-4-12-11(3)16-13(5-2)17-15(12)19-8-6-18(7-9-19)10-14(20)21/h4-10H2,1-3H3,(H,20,21). The molecule has 6 heteroatoms. The van der Waals surface area contributed by atoms with Gasteiger partial charge in [0, 0.05) is 43.9 Å². The first-order valence-electron chi connectivity index (χ1n) is 7.60. The van der Waals surface area contributed by atoms with E-state index in [-0.39, 0.29) is 6.54 Å². The highest BCUT2D eigenvalue weighted by Gasteiger charge is 2.22. The van der Waals surface area contributed by atoms with E-state index in [0.717, 1.165) is 56.4 Å². The number of carboxylic acids is 1. The van der Waals surface area contributed by atoms with E-state index in [0.29, 0.717) is 0 Å². The number of hydrogen-bond donors (Lipinski definition) is 1. The Bertz CT molecular complexity index is 511. The van der Waals surface area contributed by atoms with Crippen LogP contribution in [0.2, 0.25) is 0 Å². The number of nitrogens with zero attached hydrogens (tertiary/aromatic N) is 4. The maximum atomic E-state index is 10.8. The topological polar surface area (TPSA) is 69.6 Å². The van der Waals surface area contributed by atoms with Gasteiger partial charge in [0.2, 0.25) is 0 Å². The molecule has 6 nitrogen and oxygen atoms in total. The Kier molecular flexibility index (Phi) is 5.12. The molecule has 1 fully saturated rings. The number of carboxylic acid groups (broad SMARTS) is 1. The Hall–Kier alpha value is -1.69. The van der Waals surface area contributed by atoms with Crippen LogP contribution in [-0.2, 0) is 17.6 Å². The third kappa shape index (κ3) is 3.69. The lowest BCUT2D eigenvalue weighted by Crippen LogP contribution is -2.48. The summed E-state index contributed by atoms with van der Waals surface area (Å²) in [6.07, 6.45) is 1.75. The minimum Gasteiger partial charge on any atom is -0.480 e. The molecule has 1 aliphatic rings. The molecule has 0 atom stereocenters. The van der Waals surface area contributed by atoms with Crippen molar-refractivity contribution in [1.29, 1.82) is 0 Å². The highest BCUT2D eigenvalue weighted by atomic mass is 16.4. The van der Waals surface area contributed by atoms with Gasteiger partial charge in [0.15, 0.2) is 0 Å². The number of carbonyl (C=O) groups is 1. The average Bonchev–Trinajstić information content (AvgIpc) is 2.46. The molecule has 0 spiro atoms. The average molecular weight is 292 g/mol. The normalized spacial score (nSPS) is 16.2. The number of aryl methyl sites for hydroxylation is 2. The van der Waals surface area contributed by atoms with Crippen molar-refractivity contribution in [2.24, 2.45) is 0 Å². The van der Waals surface area contributed by atoms with Gasteiger partial charge in [-0.15, -0.1) is 0 Å². The third-order valence-electron chi connectivity index (χ3n) is 3.94. The van der Waals surface area contributed by atoms with E-state index in [1.807, 2.05) is 11.8 Å². The molecule has 21 heavy (non-hydrogen) atoms. The Labute approximate surface area is 125 Å². The molecule has 1 aromatic rings. The van der Waals surface area contributed by atoms with Crippen LogP contribution in [0.3, 0.4) is 0 Å². The largest absolute Gasteiger partial charge is 0.480 e. The fourth-order valence-corrected chi connectivity index (χ4v) is 2.78.